The average Bonchev–Trinajstić information content (AvgIpc) is 2.81. The predicted octanol–water partition coefficient (Wildman–Crippen LogP) is 6.65. The average molecular weight is 536 g/mol. The molecule has 0 aromatic carbocycles. The molecule has 2 unspecified atom stereocenters. The van der Waals surface area contributed by atoms with Crippen molar-refractivity contribution < 1.29 is 32.5 Å². The minimum atomic E-state index is -4.32. The van der Waals surface area contributed by atoms with Gasteiger partial charge in [0.1, 0.15) is 19.3 Å². The lowest BCUT2D eigenvalue weighted by Gasteiger charge is -2.28. The van der Waals surface area contributed by atoms with Crippen LogP contribution in [0.1, 0.15) is 103 Å². The Kier molecular flexibility index (Phi) is 23.6. The summed E-state index contributed by atoms with van der Waals surface area (Å²) in [7, 11) is 3.10. The van der Waals surface area contributed by atoms with Crippen LogP contribution in [-0.2, 0) is 23.1 Å². The maximum atomic E-state index is 11.9. The molecule has 0 aliphatic rings. The van der Waals surface area contributed by atoms with Crippen LogP contribution in [0.3, 0.4) is 0 Å². The van der Waals surface area contributed by atoms with Gasteiger partial charge in [0, 0.05) is 13.7 Å². The molecule has 0 aromatic rings. The number of rotatable bonds is 27. The summed E-state index contributed by atoms with van der Waals surface area (Å²) in [6.07, 6.45) is 23.6. The zero-order chi connectivity index (χ0) is 27.0. The van der Waals surface area contributed by atoms with Crippen molar-refractivity contribution in [3.05, 3.63) is 12.2 Å². The highest BCUT2D eigenvalue weighted by molar-refractivity contribution is 7.45. The number of likely N-dealkylation sites (N-methyl/N-ethyl adjacent to an activating group) is 1. The first-order valence-corrected chi connectivity index (χ1v) is 15.8. The summed E-state index contributed by atoms with van der Waals surface area (Å²) in [5.41, 5.74) is 0. The molecule has 0 rings (SSSR count). The highest BCUT2D eigenvalue weighted by Crippen LogP contribution is 2.38. The van der Waals surface area contributed by atoms with Crippen LogP contribution in [0.5, 0.6) is 0 Å². The van der Waals surface area contributed by atoms with E-state index in [0.29, 0.717) is 24.2 Å². The molecule has 0 aromatic heterocycles. The van der Waals surface area contributed by atoms with Gasteiger partial charge in [-0.3, -0.25) is 4.57 Å². The number of ether oxygens (including phenoxy) is 2. The molecule has 216 valence electrons. The summed E-state index contributed by atoms with van der Waals surface area (Å²) in [6.45, 7) is 3.79. The number of nitrogens with zero attached hydrogens (tertiary/aromatic N) is 1. The molecule has 0 amide bonds. The number of methoxy groups -OCH3 is 1. The molecule has 0 fully saturated rings. The van der Waals surface area contributed by atoms with Crippen molar-refractivity contribution in [3.8, 4) is 0 Å². The number of phosphoric acid groups is 1. The summed E-state index contributed by atoms with van der Waals surface area (Å²) in [5.74, 6) is 0. The van der Waals surface area contributed by atoms with Gasteiger partial charge in [0.05, 0.1) is 34.4 Å². The maximum absolute atomic E-state index is 11.9. The van der Waals surface area contributed by atoms with Gasteiger partial charge in [-0.15, -0.1) is 0 Å². The van der Waals surface area contributed by atoms with Gasteiger partial charge in [0.25, 0.3) is 7.82 Å². The van der Waals surface area contributed by atoms with E-state index in [2.05, 4.69) is 19.1 Å². The molecule has 0 radical (unpaired) electrons. The zero-order valence-electron chi connectivity index (χ0n) is 24.2. The normalized spacial score (nSPS) is 14.9. The Morgan fingerprint density at radius 3 is 1.81 bits per heavy atom. The summed E-state index contributed by atoms with van der Waals surface area (Å²) in [5, 5.41) is 0. The Labute approximate surface area is 223 Å². The third-order valence-electron chi connectivity index (χ3n) is 6.12. The van der Waals surface area contributed by atoms with Crippen molar-refractivity contribution in [2.75, 3.05) is 61.2 Å². The van der Waals surface area contributed by atoms with Gasteiger partial charge in [0.2, 0.25) is 0 Å². The standard InChI is InChI=1S/C28H58NO6P/c1-6-7-8-9-10-11-12-13-14-15-16-17-18-19-20-21-22-24-33-26-28(32-5)27-35-36(30,31)34-25-23-29(2,3)4/h13-14,28H,6-12,15-27H2,1-5H3. The van der Waals surface area contributed by atoms with E-state index in [1.165, 1.54) is 90.6 Å². The number of phosphoric ester groups is 1. The molecule has 2 atom stereocenters. The molecule has 0 bridgehead atoms. The smallest absolute Gasteiger partial charge is 0.268 e. The number of unbranched alkanes of at least 4 members (excludes halogenated alkanes) is 13. The maximum Gasteiger partial charge on any atom is 0.268 e. The van der Waals surface area contributed by atoms with E-state index in [1.807, 2.05) is 21.1 Å². The first-order valence-electron chi connectivity index (χ1n) is 14.4. The van der Waals surface area contributed by atoms with Crippen LogP contribution < -0.4 is 4.89 Å². The van der Waals surface area contributed by atoms with Crippen molar-refractivity contribution in [3.63, 3.8) is 0 Å². The lowest BCUT2D eigenvalue weighted by Crippen LogP contribution is -2.37. The van der Waals surface area contributed by atoms with Crippen LogP contribution in [0.2, 0.25) is 0 Å². The number of hydrogen-bond acceptors (Lipinski definition) is 6. The molecule has 0 spiro atoms. The fourth-order valence-electron chi connectivity index (χ4n) is 3.67. The summed E-state index contributed by atoms with van der Waals surface area (Å²) in [4.78, 5) is 11.9. The quantitative estimate of drug-likeness (QED) is 0.0507. The first kappa shape index (κ1) is 35.7. The lowest BCUT2D eigenvalue weighted by molar-refractivity contribution is -0.870. The van der Waals surface area contributed by atoms with Crippen molar-refractivity contribution in [1.29, 1.82) is 0 Å². The molecule has 0 aliphatic heterocycles. The number of allylic oxidation sites excluding steroid dienone is 2. The Hall–Kier alpha value is -0.270. The van der Waals surface area contributed by atoms with Gasteiger partial charge >= 0.3 is 0 Å². The second kappa shape index (κ2) is 23.8. The SMILES string of the molecule is CCCCCCCCC=CCCCCCCCCCOCC(COP(=O)([O-])OCC[N+](C)(C)C)OC. The molecule has 7 nitrogen and oxygen atoms in total. The van der Waals surface area contributed by atoms with E-state index >= 15 is 0 Å². The van der Waals surface area contributed by atoms with Gasteiger partial charge in [-0.25, -0.2) is 0 Å². The number of quaternary nitrogens is 1. The lowest BCUT2D eigenvalue weighted by atomic mass is 10.1. The van der Waals surface area contributed by atoms with Crippen molar-refractivity contribution >= 4 is 7.82 Å². The van der Waals surface area contributed by atoms with E-state index in [9.17, 15) is 9.46 Å². The third-order valence-corrected chi connectivity index (χ3v) is 7.08. The first-order chi connectivity index (χ1) is 17.2. The molecule has 36 heavy (non-hydrogen) atoms. The summed E-state index contributed by atoms with van der Waals surface area (Å²) < 4.78 is 33.3. The minimum absolute atomic E-state index is 0.0920. The third kappa shape index (κ3) is 26.8. The topological polar surface area (TPSA) is 77.1 Å². The fraction of sp³-hybridized carbons (Fsp3) is 0.929. The minimum Gasteiger partial charge on any atom is -0.756 e. The molecule has 0 saturated heterocycles. The molecular weight excluding hydrogens is 477 g/mol. The second-order valence-corrected chi connectivity index (χ2v) is 12.2. The van der Waals surface area contributed by atoms with E-state index in [1.54, 1.807) is 0 Å². The Morgan fingerprint density at radius 1 is 0.750 bits per heavy atom. The van der Waals surface area contributed by atoms with Gasteiger partial charge < -0.3 is 27.9 Å². The Morgan fingerprint density at radius 2 is 1.28 bits per heavy atom. The highest BCUT2D eigenvalue weighted by atomic mass is 31.2. The van der Waals surface area contributed by atoms with E-state index in [-0.39, 0.29) is 13.2 Å². The molecule has 0 heterocycles. The molecule has 8 heteroatoms. The largest absolute Gasteiger partial charge is 0.756 e. The van der Waals surface area contributed by atoms with Crippen molar-refractivity contribution in [2.24, 2.45) is 0 Å². The van der Waals surface area contributed by atoms with E-state index in [0.717, 1.165) is 12.8 Å². The highest BCUT2D eigenvalue weighted by Gasteiger charge is 2.16. The van der Waals surface area contributed by atoms with Gasteiger partial charge in [-0.2, -0.15) is 0 Å². The van der Waals surface area contributed by atoms with Gasteiger partial charge in [-0.05, 0) is 32.1 Å². The molecule has 0 saturated carbocycles. The van der Waals surface area contributed by atoms with Crippen LogP contribution in [0.15, 0.2) is 12.2 Å². The number of hydrogen-bond donors (Lipinski definition) is 0. The molecule has 0 N–H and O–H groups in total. The molecule has 0 aliphatic carbocycles. The van der Waals surface area contributed by atoms with Gasteiger partial charge in [-0.1, -0.05) is 83.3 Å². The van der Waals surface area contributed by atoms with Crippen LogP contribution in [0.25, 0.3) is 0 Å². The second-order valence-electron chi connectivity index (χ2n) is 10.8. The van der Waals surface area contributed by atoms with Gasteiger partial charge in [0.15, 0.2) is 0 Å². The summed E-state index contributed by atoms with van der Waals surface area (Å²) in [6, 6.07) is 0. The van der Waals surface area contributed by atoms with Crippen molar-refractivity contribution in [1.82, 2.24) is 0 Å². The monoisotopic (exact) mass is 535 g/mol. The Balaban J connectivity index is 3.52. The van der Waals surface area contributed by atoms with Crippen LogP contribution in [-0.4, -0.2) is 71.8 Å². The summed E-state index contributed by atoms with van der Waals surface area (Å²) >= 11 is 0. The molecular formula is C28H58NO6P. The predicted molar refractivity (Wildman–Crippen MR) is 148 cm³/mol. The van der Waals surface area contributed by atoms with Crippen LogP contribution >= 0.6 is 7.82 Å². The van der Waals surface area contributed by atoms with Crippen LogP contribution in [0, 0.1) is 0 Å². The van der Waals surface area contributed by atoms with Crippen LogP contribution in [0.4, 0.5) is 0 Å². The zero-order valence-corrected chi connectivity index (χ0v) is 25.1. The van der Waals surface area contributed by atoms with E-state index in [4.69, 9.17) is 18.5 Å². The van der Waals surface area contributed by atoms with E-state index < -0.39 is 13.9 Å². The van der Waals surface area contributed by atoms with Crippen molar-refractivity contribution in [2.45, 2.75) is 109 Å². The Bertz CT molecular complexity index is 553. The fourth-order valence-corrected chi connectivity index (χ4v) is 4.39.